The van der Waals surface area contributed by atoms with Gasteiger partial charge in [-0.25, -0.2) is 0 Å². The predicted molar refractivity (Wildman–Crippen MR) is 78.3 cm³/mol. The van der Waals surface area contributed by atoms with Gasteiger partial charge in [-0.3, -0.25) is 4.79 Å². The van der Waals surface area contributed by atoms with E-state index in [9.17, 15) is 4.79 Å². The first-order valence-corrected chi connectivity index (χ1v) is 6.68. The van der Waals surface area contributed by atoms with Crippen molar-refractivity contribution in [1.82, 2.24) is 9.59 Å². The summed E-state index contributed by atoms with van der Waals surface area (Å²) in [6.45, 7) is 3.57. The van der Waals surface area contributed by atoms with Gasteiger partial charge in [-0.2, -0.15) is 0 Å². The van der Waals surface area contributed by atoms with Crippen molar-refractivity contribution < 1.29 is 9.63 Å². The Morgan fingerprint density at radius 1 is 1.40 bits per heavy atom. The smallest absolute Gasteiger partial charge is 0.269 e. The van der Waals surface area contributed by atoms with E-state index < -0.39 is 0 Å². The van der Waals surface area contributed by atoms with Crippen LogP contribution in [0.5, 0.6) is 0 Å². The molecule has 1 aromatic carbocycles. The van der Waals surface area contributed by atoms with Crippen LogP contribution in [0.2, 0.25) is 0 Å². The lowest BCUT2D eigenvalue weighted by Gasteiger charge is -2.09. The normalized spacial score (nSPS) is 11.2. The summed E-state index contributed by atoms with van der Waals surface area (Å²) in [7, 11) is 1.48. The van der Waals surface area contributed by atoms with Crippen LogP contribution in [0, 0.1) is 6.92 Å². The summed E-state index contributed by atoms with van der Waals surface area (Å²) in [5.41, 5.74) is 2.77. The number of nitrogens with one attached hydrogen (secondary N) is 1. The number of carbonyl (C=O) groups excluding carboxylic acids is 1. The molecule has 1 aromatic heterocycles. The fourth-order valence-electron chi connectivity index (χ4n) is 1.71. The average Bonchev–Trinajstić information content (AvgIpc) is 2.86. The van der Waals surface area contributed by atoms with E-state index in [0.717, 1.165) is 17.1 Å². The summed E-state index contributed by atoms with van der Waals surface area (Å²) >= 11 is 1.07. The fraction of sp³-hybridized carbons (Fsp3) is 0.231. The molecule has 6 nitrogen and oxygen atoms in total. The van der Waals surface area contributed by atoms with E-state index in [-0.39, 0.29) is 5.91 Å². The number of hydrogen-bond acceptors (Lipinski definition) is 6. The molecule has 0 aliphatic heterocycles. The molecule has 0 fully saturated rings. The first-order chi connectivity index (χ1) is 9.63. The van der Waals surface area contributed by atoms with E-state index in [1.165, 1.54) is 7.11 Å². The number of hydrogen-bond donors (Lipinski definition) is 1. The van der Waals surface area contributed by atoms with E-state index in [2.05, 4.69) is 20.1 Å². The number of aromatic nitrogens is 2. The topological polar surface area (TPSA) is 76.5 Å². The minimum atomic E-state index is -0.227. The van der Waals surface area contributed by atoms with Gasteiger partial charge in [0.1, 0.15) is 12.0 Å². The van der Waals surface area contributed by atoms with Crippen LogP contribution in [-0.4, -0.2) is 28.3 Å². The Morgan fingerprint density at radius 2 is 2.15 bits per heavy atom. The zero-order valence-electron chi connectivity index (χ0n) is 11.4. The third kappa shape index (κ3) is 3.00. The summed E-state index contributed by atoms with van der Waals surface area (Å²) in [5, 5.41) is 10.6. The zero-order valence-corrected chi connectivity index (χ0v) is 12.2. The number of rotatable bonds is 4. The number of aryl methyl sites for hydroxylation is 1. The number of para-hydroxylation sites is 1. The molecule has 0 radical (unpaired) electrons. The summed E-state index contributed by atoms with van der Waals surface area (Å²) < 4.78 is 3.76. The molecular weight excluding hydrogens is 276 g/mol. The van der Waals surface area contributed by atoms with E-state index >= 15 is 0 Å². The number of anilines is 1. The van der Waals surface area contributed by atoms with E-state index in [1.54, 1.807) is 6.92 Å². The highest BCUT2D eigenvalue weighted by atomic mass is 32.1. The molecular formula is C13H14N4O2S. The SMILES string of the molecule is CO/N=C(\C)c1ccccc1NC(=O)c1snnc1C. The van der Waals surface area contributed by atoms with Crippen LogP contribution >= 0.6 is 11.5 Å². The number of oxime groups is 1. The molecule has 0 bridgehead atoms. The van der Waals surface area contributed by atoms with Crippen molar-refractivity contribution in [3.63, 3.8) is 0 Å². The van der Waals surface area contributed by atoms with Gasteiger partial charge in [0.25, 0.3) is 5.91 Å². The van der Waals surface area contributed by atoms with E-state index in [1.807, 2.05) is 31.2 Å². The Bertz CT molecular complexity index is 651. The van der Waals surface area contributed by atoms with Crippen LogP contribution in [0.25, 0.3) is 0 Å². The number of nitrogens with zero attached hydrogens (tertiary/aromatic N) is 3. The summed E-state index contributed by atoms with van der Waals surface area (Å²) in [6.07, 6.45) is 0. The van der Waals surface area contributed by atoms with E-state index in [4.69, 9.17) is 4.84 Å². The Hall–Kier alpha value is -2.28. The van der Waals surface area contributed by atoms with Crippen LogP contribution in [0.15, 0.2) is 29.4 Å². The fourth-order valence-corrected chi connectivity index (χ4v) is 2.26. The number of benzene rings is 1. The first-order valence-electron chi connectivity index (χ1n) is 5.91. The van der Waals surface area contributed by atoms with Crippen LogP contribution in [0.1, 0.15) is 27.9 Å². The number of carbonyl (C=O) groups is 1. The Labute approximate surface area is 120 Å². The molecule has 0 atom stereocenters. The maximum absolute atomic E-state index is 12.2. The van der Waals surface area contributed by atoms with Crippen LogP contribution in [-0.2, 0) is 4.84 Å². The van der Waals surface area contributed by atoms with Gasteiger partial charge in [-0.05, 0) is 31.4 Å². The van der Waals surface area contributed by atoms with Gasteiger partial charge in [0.05, 0.1) is 17.1 Å². The van der Waals surface area contributed by atoms with Crippen molar-refractivity contribution in [3.8, 4) is 0 Å². The van der Waals surface area contributed by atoms with Crippen molar-refractivity contribution in [3.05, 3.63) is 40.4 Å². The molecule has 1 N–H and O–H groups in total. The minimum absolute atomic E-state index is 0.227. The number of amides is 1. The molecule has 0 saturated carbocycles. The maximum Gasteiger partial charge on any atom is 0.269 e. The molecule has 0 unspecified atom stereocenters. The van der Waals surface area contributed by atoms with E-state index in [0.29, 0.717) is 22.0 Å². The van der Waals surface area contributed by atoms with Gasteiger partial charge < -0.3 is 10.2 Å². The molecule has 2 rings (SSSR count). The molecule has 1 heterocycles. The molecule has 0 aliphatic carbocycles. The molecule has 0 aliphatic rings. The molecule has 104 valence electrons. The molecule has 0 spiro atoms. The Morgan fingerprint density at radius 3 is 2.80 bits per heavy atom. The average molecular weight is 290 g/mol. The lowest BCUT2D eigenvalue weighted by atomic mass is 10.1. The molecule has 0 saturated heterocycles. The Balaban J connectivity index is 2.28. The van der Waals surface area contributed by atoms with Gasteiger partial charge in [-0.15, -0.1) is 5.10 Å². The molecule has 2 aromatic rings. The lowest BCUT2D eigenvalue weighted by molar-refractivity contribution is 0.103. The second-order valence-electron chi connectivity index (χ2n) is 4.05. The van der Waals surface area contributed by atoms with Crippen molar-refractivity contribution in [2.24, 2.45) is 5.16 Å². The monoisotopic (exact) mass is 290 g/mol. The zero-order chi connectivity index (χ0) is 14.5. The van der Waals surface area contributed by atoms with Gasteiger partial charge >= 0.3 is 0 Å². The van der Waals surface area contributed by atoms with Crippen molar-refractivity contribution in [2.45, 2.75) is 13.8 Å². The van der Waals surface area contributed by atoms with Gasteiger partial charge in [0.15, 0.2) is 0 Å². The highest BCUT2D eigenvalue weighted by molar-refractivity contribution is 7.08. The van der Waals surface area contributed by atoms with Gasteiger partial charge in [0, 0.05) is 5.56 Å². The van der Waals surface area contributed by atoms with Gasteiger partial charge in [-0.1, -0.05) is 27.8 Å². The summed E-state index contributed by atoms with van der Waals surface area (Å²) in [6, 6.07) is 7.40. The van der Waals surface area contributed by atoms with Gasteiger partial charge in [0.2, 0.25) is 0 Å². The second kappa shape index (κ2) is 6.25. The lowest BCUT2D eigenvalue weighted by Crippen LogP contribution is -2.14. The van der Waals surface area contributed by atoms with Crippen LogP contribution in [0.3, 0.4) is 0 Å². The molecule has 20 heavy (non-hydrogen) atoms. The molecule has 7 heteroatoms. The third-order valence-corrected chi connectivity index (χ3v) is 3.48. The second-order valence-corrected chi connectivity index (χ2v) is 4.80. The first kappa shape index (κ1) is 14.1. The van der Waals surface area contributed by atoms with Crippen LogP contribution in [0.4, 0.5) is 5.69 Å². The minimum Gasteiger partial charge on any atom is -0.399 e. The van der Waals surface area contributed by atoms with Crippen molar-refractivity contribution in [1.29, 1.82) is 0 Å². The highest BCUT2D eigenvalue weighted by Gasteiger charge is 2.15. The summed E-state index contributed by atoms with van der Waals surface area (Å²) in [4.78, 5) is 17.4. The largest absolute Gasteiger partial charge is 0.399 e. The highest BCUT2D eigenvalue weighted by Crippen LogP contribution is 2.19. The standard InChI is InChI=1S/C13H14N4O2S/c1-8(16-19-3)10-6-4-5-7-11(10)14-13(18)12-9(2)15-17-20-12/h4-7H,1-3H3,(H,14,18)/b16-8+. The predicted octanol–water partition coefficient (Wildman–Crippen LogP) is 2.47. The molecule has 1 amide bonds. The van der Waals surface area contributed by atoms with Crippen molar-refractivity contribution >= 4 is 28.8 Å². The Kier molecular flexibility index (Phi) is 4.41. The quantitative estimate of drug-likeness (QED) is 0.693. The third-order valence-electron chi connectivity index (χ3n) is 2.65. The van der Waals surface area contributed by atoms with Crippen LogP contribution < -0.4 is 5.32 Å². The van der Waals surface area contributed by atoms with Crippen molar-refractivity contribution in [2.75, 3.05) is 12.4 Å². The summed E-state index contributed by atoms with van der Waals surface area (Å²) in [5.74, 6) is -0.227. The maximum atomic E-state index is 12.2.